The molecule has 0 aliphatic heterocycles. The van der Waals surface area contributed by atoms with Crippen LogP contribution in [0.5, 0.6) is 5.75 Å². The summed E-state index contributed by atoms with van der Waals surface area (Å²) in [7, 11) is 0. The van der Waals surface area contributed by atoms with Gasteiger partial charge in [0.1, 0.15) is 18.2 Å². The summed E-state index contributed by atoms with van der Waals surface area (Å²) in [5.41, 5.74) is 4.81. The van der Waals surface area contributed by atoms with E-state index in [9.17, 15) is 9.18 Å². The number of nitrogens with zero attached hydrogens (tertiary/aromatic N) is 1. The summed E-state index contributed by atoms with van der Waals surface area (Å²) in [5, 5.41) is 3.74. The zero-order valence-electron chi connectivity index (χ0n) is 17.8. The molecule has 0 aliphatic rings. The van der Waals surface area contributed by atoms with Crippen molar-refractivity contribution in [2.45, 2.75) is 20.0 Å². The maximum Gasteiger partial charge on any atom is 0.244 e. The lowest BCUT2D eigenvalue weighted by atomic mass is 10.1. The molecule has 2 aromatic carbocycles. The van der Waals surface area contributed by atoms with Crippen molar-refractivity contribution in [1.82, 2.24) is 15.3 Å². The van der Waals surface area contributed by atoms with E-state index in [1.165, 1.54) is 18.2 Å². The largest absolute Gasteiger partial charge is 0.489 e. The lowest BCUT2D eigenvalue weighted by Crippen LogP contribution is -2.23. The van der Waals surface area contributed by atoms with Crippen molar-refractivity contribution >= 4 is 22.9 Å². The highest BCUT2D eigenvalue weighted by Gasteiger charge is 2.09. The van der Waals surface area contributed by atoms with E-state index in [0.717, 1.165) is 39.0 Å². The van der Waals surface area contributed by atoms with E-state index in [0.29, 0.717) is 19.6 Å². The predicted molar refractivity (Wildman–Crippen MR) is 124 cm³/mol. The second kappa shape index (κ2) is 9.92. The molecule has 32 heavy (non-hydrogen) atoms. The maximum absolute atomic E-state index is 13.6. The van der Waals surface area contributed by atoms with Gasteiger partial charge < -0.3 is 15.0 Å². The number of aromatic nitrogens is 2. The fourth-order valence-corrected chi connectivity index (χ4v) is 3.54. The number of benzene rings is 2. The molecule has 1 amide bonds. The van der Waals surface area contributed by atoms with Gasteiger partial charge in [-0.05, 0) is 66.9 Å². The molecule has 0 unspecified atom stereocenters. The number of hydrogen-bond donors (Lipinski definition) is 2. The van der Waals surface area contributed by atoms with Gasteiger partial charge in [0.2, 0.25) is 5.91 Å². The zero-order chi connectivity index (χ0) is 22.3. The van der Waals surface area contributed by atoms with Gasteiger partial charge in [-0.3, -0.25) is 9.78 Å². The summed E-state index contributed by atoms with van der Waals surface area (Å²) in [6.45, 7) is 2.88. The van der Waals surface area contributed by atoms with Crippen LogP contribution in [0.2, 0.25) is 0 Å². The van der Waals surface area contributed by atoms with Crippen molar-refractivity contribution in [2.24, 2.45) is 0 Å². The van der Waals surface area contributed by atoms with Crippen LogP contribution in [0.25, 0.3) is 17.0 Å². The minimum Gasteiger partial charge on any atom is -0.489 e. The molecule has 0 aliphatic carbocycles. The number of aryl methyl sites for hydroxylation is 1. The summed E-state index contributed by atoms with van der Waals surface area (Å²) in [5.74, 6) is 0.310. The predicted octanol–water partition coefficient (Wildman–Crippen LogP) is 4.96. The number of ether oxygens (including phenoxy) is 1. The standard InChI is InChI=1S/C26H24FN3O2/c1-18-23(24-15-21(27)7-10-25(24)30-18)12-14-29-26(31)11-6-19-4-8-22(9-5-19)32-17-20-3-2-13-28-16-20/h2-11,13,15-16,30H,12,14,17H2,1H3,(H,29,31)/b11-6+. The first-order chi connectivity index (χ1) is 15.6. The van der Waals surface area contributed by atoms with Crippen molar-refractivity contribution < 1.29 is 13.9 Å². The molecule has 0 saturated heterocycles. The average Bonchev–Trinajstić information content (AvgIpc) is 3.12. The van der Waals surface area contributed by atoms with Gasteiger partial charge in [0.15, 0.2) is 0 Å². The van der Waals surface area contributed by atoms with E-state index in [1.807, 2.05) is 43.3 Å². The van der Waals surface area contributed by atoms with Gasteiger partial charge in [0.25, 0.3) is 0 Å². The van der Waals surface area contributed by atoms with E-state index in [4.69, 9.17) is 4.74 Å². The third-order valence-corrected chi connectivity index (χ3v) is 5.19. The van der Waals surface area contributed by atoms with Crippen molar-refractivity contribution in [2.75, 3.05) is 6.54 Å². The third kappa shape index (κ3) is 5.40. The van der Waals surface area contributed by atoms with Crippen LogP contribution in [0.3, 0.4) is 0 Å². The maximum atomic E-state index is 13.6. The lowest BCUT2D eigenvalue weighted by molar-refractivity contribution is -0.116. The van der Waals surface area contributed by atoms with Gasteiger partial charge >= 0.3 is 0 Å². The number of aromatic amines is 1. The number of carbonyl (C=O) groups excluding carboxylic acids is 1. The van der Waals surface area contributed by atoms with Crippen LogP contribution in [-0.2, 0) is 17.8 Å². The normalized spacial score (nSPS) is 11.2. The van der Waals surface area contributed by atoms with Crippen LogP contribution < -0.4 is 10.1 Å². The highest BCUT2D eigenvalue weighted by atomic mass is 19.1. The number of rotatable bonds is 8. The summed E-state index contributed by atoms with van der Waals surface area (Å²) in [4.78, 5) is 19.5. The summed E-state index contributed by atoms with van der Waals surface area (Å²) in [6, 6.07) is 16.1. The SMILES string of the molecule is Cc1[nH]c2ccc(F)cc2c1CCNC(=O)/C=C/c1ccc(OCc2cccnc2)cc1. The lowest BCUT2D eigenvalue weighted by Gasteiger charge is -2.06. The summed E-state index contributed by atoms with van der Waals surface area (Å²) >= 11 is 0. The van der Waals surface area contributed by atoms with Gasteiger partial charge in [-0.15, -0.1) is 0 Å². The number of nitrogens with one attached hydrogen (secondary N) is 2. The van der Waals surface area contributed by atoms with Crippen LogP contribution in [-0.4, -0.2) is 22.4 Å². The molecule has 0 bridgehead atoms. The van der Waals surface area contributed by atoms with Gasteiger partial charge in [-0.2, -0.15) is 0 Å². The minimum absolute atomic E-state index is 0.175. The number of pyridine rings is 1. The second-order valence-corrected chi connectivity index (χ2v) is 7.51. The molecule has 5 nitrogen and oxygen atoms in total. The van der Waals surface area contributed by atoms with E-state index in [2.05, 4.69) is 15.3 Å². The number of fused-ring (bicyclic) bond motifs is 1. The highest BCUT2D eigenvalue weighted by Crippen LogP contribution is 2.23. The molecule has 2 aromatic heterocycles. The fourth-order valence-electron chi connectivity index (χ4n) is 3.54. The van der Waals surface area contributed by atoms with Gasteiger partial charge in [0.05, 0.1) is 0 Å². The number of amides is 1. The number of carbonyl (C=O) groups is 1. The fraction of sp³-hybridized carbons (Fsp3) is 0.154. The third-order valence-electron chi connectivity index (χ3n) is 5.19. The molecule has 2 heterocycles. The van der Waals surface area contributed by atoms with E-state index in [-0.39, 0.29) is 11.7 Å². The summed E-state index contributed by atoms with van der Waals surface area (Å²) < 4.78 is 19.3. The molecule has 0 atom stereocenters. The first-order valence-electron chi connectivity index (χ1n) is 10.4. The van der Waals surface area contributed by atoms with Crippen LogP contribution in [0.1, 0.15) is 22.4 Å². The van der Waals surface area contributed by atoms with Crippen molar-refractivity contribution in [1.29, 1.82) is 0 Å². The molecule has 162 valence electrons. The van der Waals surface area contributed by atoms with Crippen LogP contribution in [0.15, 0.2) is 73.1 Å². The Labute approximate surface area is 186 Å². The number of halogens is 1. The molecular formula is C26H24FN3O2. The molecule has 0 spiro atoms. The van der Waals surface area contributed by atoms with Gasteiger partial charge in [-0.1, -0.05) is 18.2 Å². The Morgan fingerprint density at radius 1 is 1.19 bits per heavy atom. The van der Waals surface area contributed by atoms with E-state index in [1.54, 1.807) is 24.5 Å². The van der Waals surface area contributed by atoms with E-state index >= 15 is 0 Å². The molecule has 0 fully saturated rings. The Balaban J connectivity index is 1.26. The smallest absolute Gasteiger partial charge is 0.244 e. The monoisotopic (exact) mass is 429 g/mol. The molecule has 4 aromatic rings. The Bertz CT molecular complexity index is 1230. The first kappa shape index (κ1) is 21.3. The van der Waals surface area contributed by atoms with Gasteiger partial charge in [0, 0.05) is 47.2 Å². The Morgan fingerprint density at radius 3 is 2.81 bits per heavy atom. The molecule has 0 saturated carbocycles. The van der Waals surface area contributed by atoms with Crippen molar-refractivity contribution in [3.05, 3.63) is 101 Å². The van der Waals surface area contributed by atoms with Crippen molar-refractivity contribution in [3.63, 3.8) is 0 Å². The number of H-pyrrole nitrogens is 1. The molecule has 6 heteroatoms. The molecular weight excluding hydrogens is 405 g/mol. The zero-order valence-corrected chi connectivity index (χ0v) is 17.8. The Morgan fingerprint density at radius 2 is 2.03 bits per heavy atom. The Kier molecular flexibility index (Phi) is 6.60. The van der Waals surface area contributed by atoms with E-state index < -0.39 is 0 Å². The summed E-state index contributed by atoms with van der Waals surface area (Å²) in [6.07, 6.45) is 7.39. The average molecular weight is 429 g/mol. The Hall–Kier alpha value is -3.93. The topological polar surface area (TPSA) is 67.0 Å². The second-order valence-electron chi connectivity index (χ2n) is 7.51. The first-order valence-corrected chi connectivity index (χ1v) is 10.4. The highest BCUT2D eigenvalue weighted by molar-refractivity contribution is 5.91. The van der Waals surface area contributed by atoms with Crippen molar-refractivity contribution in [3.8, 4) is 5.75 Å². The van der Waals surface area contributed by atoms with Crippen LogP contribution in [0, 0.1) is 12.7 Å². The molecule has 4 rings (SSSR count). The molecule has 0 radical (unpaired) electrons. The van der Waals surface area contributed by atoms with Gasteiger partial charge in [-0.25, -0.2) is 4.39 Å². The van der Waals surface area contributed by atoms with Crippen LogP contribution in [0.4, 0.5) is 4.39 Å². The minimum atomic E-state index is -0.266. The number of hydrogen-bond acceptors (Lipinski definition) is 3. The quantitative estimate of drug-likeness (QED) is 0.389. The van der Waals surface area contributed by atoms with Crippen LogP contribution >= 0.6 is 0 Å². The molecule has 2 N–H and O–H groups in total.